The van der Waals surface area contributed by atoms with Crippen molar-refractivity contribution < 1.29 is 8.83 Å². The first-order valence-electron chi connectivity index (χ1n) is 49.1. The van der Waals surface area contributed by atoms with Crippen LogP contribution in [0.5, 0.6) is 0 Å². The van der Waals surface area contributed by atoms with Gasteiger partial charge in [-0.2, -0.15) is 0 Å². The molecule has 0 bridgehead atoms. The number of nitrogens with zero attached hydrogens (tertiary/aromatic N) is 9. The molecule has 0 radical (unpaired) electrons. The third kappa shape index (κ3) is 14.4. The third-order valence-corrected chi connectivity index (χ3v) is 28.9. The zero-order valence-corrected chi connectivity index (χ0v) is 78.6. The second-order valence-electron chi connectivity index (χ2n) is 37.0. The Morgan fingerprint density at radius 2 is 0.441 bits per heavy atom. The van der Waals surface area contributed by atoms with Crippen molar-refractivity contribution in [3.63, 3.8) is 0 Å². The zero-order chi connectivity index (χ0) is 95.9. The number of aromatic nitrogens is 7. The molecular formula is C134H87N9O2. The van der Waals surface area contributed by atoms with Crippen molar-refractivity contribution >= 4 is 99.8 Å². The molecule has 0 fully saturated rings. The van der Waals surface area contributed by atoms with E-state index in [0.717, 1.165) is 200 Å². The van der Waals surface area contributed by atoms with Gasteiger partial charge >= 0.3 is 0 Å². The van der Waals surface area contributed by atoms with Gasteiger partial charge in [-0.15, -0.1) is 0 Å². The van der Waals surface area contributed by atoms with Gasteiger partial charge in [0.1, 0.15) is 22.3 Å². The number of furan rings is 2. The lowest BCUT2D eigenvalue weighted by atomic mass is 9.61. The maximum Gasteiger partial charge on any atom is 0.164 e. The summed E-state index contributed by atoms with van der Waals surface area (Å²) in [6.07, 6.45) is 0. The zero-order valence-electron chi connectivity index (χ0n) is 78.6. The Morgan fingerprint density at radius 3 is 0.848 bits per heavy atom. The molecule has 11 heteroatoms. The predicted octanol–water partition coefficient (Wildman–Crippen LogP) is 34.0. The molecule has 28 rings (SSSR count). The van der Waals surface area contributed by atoms with Crippen LogP contribution in [0.1, 0.15) is 44.5 Å². The summed E-state index contributed by atoms with van der Waals surface area (Å²) in [5.41, 5.74) is 32.9. The maximum absolute atomic E-state index is 7.02. The minimum atomic E-state index is -0.813. The summed E-state index contributed by atoms with van der Waals surface area (Å²) in [5.74, 6) is 3.71. The number of para-hydroxylation sites is 7. The molecule has 0 saturated heterocycles. The molecule has 2 aliphatic rings. The summed E-state index contributed by atoms with van der Waals surface area (Å²) in [5, 5.41) is 6.78. The van der Waals surface area contributed by atoms with Crippen LogP contribution in [0.2, 0.25) is 0 Å². The van der Waals surface area contributed by atoms with Gasteiger partial charge in [-0.25, -0.2) is 29.9 Å². The van der Waals surface area contributed by atoms with Gasteiger partial charge in [-0.05, 0) is 182 Å². The van der Waals surface area contributed by atoms with Crippen LogP contribution in [0.3, 0.4) is 0 Å². The Balaban J connectivity index is 0.000000145. The largest absolute Gasteiger partial charge is 0.456 e. The molecule has 0 amide bonds. The van der Waals surface area contributed by atoms with Gasteiger partial charge in [0.15, 0.2) is 34.9 Å². The van der Waals surface area contributed by atoms with Crippen LogP contribution in [-0.2, 0) is 10.8 Å². The monoisotopic (exact) mass is 1850 g/mol. The minimum absolute atomic E-state index is 0.604. The molecule has 26 aromatic rings. The van der Waals surface area contributed by atoms with Gasteiger partial charge in [-0.3, -0.25) is 0 Å². The highest BCUT2D eigenvalue weighted by Crippen LogP contribution is 2.63. The van der Waals surface area contributed by atoms with Crippen LogP contribution >= 0.6 is 0 Å². The van der Waals surface area contributed by atoms with E-state index in [2.05, 4.69) is 415 Å². The smallest absolute Gasteiger partial charge is 0.164 e. The summed E-state index contributed by atoms with van der Waals surface area (Å²) in [7, 11) is 0. The average molecular weight is 1860 g/mol. The molecular weight excluding hydrogens is 1770 g/mol. The summed E-state index contributed by atoms with van der Waals surface area (Å²) < 4.78 is 16.4. The minimum Gasteiger partial charge on any atom is -0.456 e. The van der Waals surface area contributed by atoms with Crippen LogP contribution in [0, 0.1) is 0 Å². The quantitative estimate of drug-likeness (QED) is 0.0926. The summed E-state index contributed by atoms with van der Waals surface area (Å²) in [6, 6.07) is 188. The van der Waals surface area contributed by atoms with Crippen LogP contribution in [-0.4, -0.2) is 34.5 Å². The molecule has 7 heterocycles. The Bertz CT molecular complexity index is 9210. The van der Waals surface area contributed by atoms with E-state index in [1.807, 2.05) is 127 Å². The number of fused-ring (bicyclic) bond motifs is 13. The van der Waals surface area contributed by atoms with E-state index in [1.54, 1.807) is 0 Å². The molecule has 0 spiro atoms. The molecule has 1 unspecified atom stereocenters. The lowest BCUT2D eigenvalue weighted by Crippen LogP contribution is -2.38. The highest BCUT2D eigenvalue weighted by atomic mass is 16.3. The molecule has 0 N–H and O–H groups in total. The summed E-state index contributed by atoms with van der Waals surface area (Å²) in [4.78, 5) is 35.2. The molecule has 0 aliphatic carbocycles. The van der Waals surface area contributed by atoms with Gasteiger partial charge < -0.3 is 23.2 Å². The Hall–Kier alpha value is -19.4. The molecule has 2 aliphatic heterocycles. The van der Waals surface area contributed by atoms with E-state index < -0.39 is 10.8 Å². The van der Waals surface area contributed by atoms with E-state index in [1.165, 1.54) is 16.3 Å². The van der Waals surface area contributed by atoms with Crippen LogP contribution in [0.25, 0.3) is 173 Å². The highest BCUT2D eigenvalue weighted by molar-refractivity contribution is 6.12. The number of hydrogen-bond donors (Lipinski definition) is 0. The third-order valence-electron chi connectivity index (χ3n) is 28.9. The second kappa shape index (κ2) is 35.5. The van der Waals surface area contributed by atoms with Gasteiger partial charge in [0.05, 0.1) is 44.6 Å². The highest BCUT2D eigenvalue weighted by Gasteiger charge is 2.51. The van der Waals surface area contributed by atoms with Crippen molar-refractivity contribution in [1.82, 2.24) is 34.5 Å². The van der Waals surface area contributed by atoms with Crippen molar-refractivity contribution in [2.24, 2.45) is 0 Å². The van der Waals surface area contributed by atoms with Crippen molar-refractivity contribution in [3.8, 4) is 107 Å². The number of rotatable bonds is 16. The fraction of sp³-hybridized carbons (Fsp3) is 0.0149. The summed E-state index contributed by atoms with van der Waals surface area (Å²) >= 11 is 0. The molecule has 1 atom stereocenters. The molecule has 145 heavy (non-hydrogen) atoms. The van der Waals surface area contributed by atoms with Crippen molar-refractivity contribution in [3.05, 3.63) is 572 Å². The first kappa shape index (κ1) is 84.9. The van der Waals surface area contributed by atoms with Crippen LogP contribution in [0.15, 0.2) is 537 Å². The van der Waals surface area contributed by atoms with E-state index in [0.29, 0.717) is 34.9 Å². The summed E-state index contributed by atoms with van der Waals surface area (Å²) in [6.45, 7) is 0. The molecule has 0 saturated carbocycles. The molecule has 21 aromatic carbocycles. The maximum atomic E-state index is 7.02. The SMILES string of the molecule is c1ccc(-c2ccc3c(c2)N(c2ccc(-c4nc(-c5ccccc5)nc(-c5ccccc5)n4)cc2)c2cc(-c4ccccc4)ccc2C3(c2ccccc2)c2cccc3c2oc2ccccc23)cc1.c1ccc(-c2nc(-c3ccccc3)nc(-c3ccc(N4c5ccccc5C(c5ccccc5)(c5cccc6c5oc5ccccc56)c5ccc(-c6ccc7c(c6)c6ccccc6n7-c6ccccc6)cc54)cc3)n2)cc1. The normalized spacial score (nSPS) is 13.4. The van der Waals surface area contributed by atoms with E-state index in [4.69, 9.17) is 38.7 Å². The molecule has 680 valence electrons. The van der Waals surface area contributed by atoms with Gasteiger partial charge in [0.2, 0.25) is 0 Å². The van der Waals surface area contributed by atoms with Crippen molar-refractivity contribution in [2.75, 3.05) is 9.80 Å². The number of benzene rings is 21. The Morgan fingerprint density at radius 1 is 0.166 bits per heavy atom. The predicted molar refractivity (Wildman–Crippen MR) is 591 cm³/mol. The second-order valence-corrected chi connectivity index (χ2v) is 37.0. The van der Waals surface area contributed by atoms with E-state index in [9.17, 15) is 0 Å². The van der Waals surface area contributed by atoms with Crippen LogP contribution in [0.4, 0.5) is 34.1 Å². The standard InChI is InChI=1S/C70H45N5O.C64H42N4O/c1-5-20-46(21-6-1)67-71-68(47-22-7-2-8-23-47)73-69(72-67)48-36-40-53(41-37-48)75-63-34-17-15-31-58(63)70(51-24-9-3-10-25-51,60-32-19-30-56-55-29-14-18-35-65(55)76-66(56)60)59-42-38-50(45-64(59)75)49-39-43-62-57(44-49)54-28-13-16-33-61(54)74(62)52-26-11-4-12-27-52;1-6-19-43(20-7-1)48-35-39-54-57(41-48)68(51-37-33-47(34-38-51)63-66-61(45-23-10-3-11-24-45)65-62(67-63)46-25-12-4-13-26-46)58-42-49(44-21-8-2-9-22-44)36-40-55(58)64(54,50-27-14-5-15-28-50)56-31-18-30-53-52-29-16-17-32-59(52)69-60(53)56/h1-45H;1-42H. The Kier molecular flexibility index (Phi) is 20.8. The number of anilines is 6. The van der Waals surface area contributed by atoms with Crippen LogP contribution < -0.4 is 9.80 Å². The van der Waals surface area contributed by atoms with E-state index >= 15 is 0 Å². The lowest BCUT2D eigenvalue weighted by Gasteiger charge is -2.46. The molecule has 11 nitrogen and oxygen atoms in total. The van der Waals surface area contributed by atoms with Crippen molar-refractivity contribution in [2.45, 2.75) is 10.8 Å². The van der Waals surface area contributed by atoms with Gasteiger partial charge in [0.25, 0.3) is 0 Å². The van der Waals surface area contributed by atoms with Gasteiger partial charge in [-0.1, -0.05) is 413 Å². The fourth-order valence-electron chi connectivity index (χ4n) is 22.4. The fourth-order valence-corrected chi connectivity index (χ4v) is 22.4. The number of hydrogen-bond acceptors (Lipinski definition) is 10. The van der Waals surface area contributed by atoms with E-state index in [-0.39, 0.29) is 0 Å². The topological polar surface area (TPSA) is 115 Å². The molecule has 5 aromatic heterocycles. The Labute approximate surface area is 837 Å². The first-order valence-corrected chi connectivity index (χ1v) is 49.1. The lowest BCUT2D eigenvalue weighted by molar-refractivity contribution is 0.643. The first-order chi connectivity index (χ1) is 71.9. The average Bonchev–Trinajstić information content (AvgIpc) is 1.56. The van der Waals surface area contributed by atoms with Gasteiger partial charge in [0, 0.05) is 93.9 Å². The van der Waals surface area contributed by atoms with Crippen molar-refractivity contribution in [1.29, 1.82) is 0 Å².